The zero-order valence-corrected chi connectivity index (χ0v) is 15.4. The molecule has 2 rings (SSSR count). The Kier molecular flexibility index (Phi) is 8.37. The van der Waals surface area contributed by atoms with Gasteiger partial charge in [-0.1, -0.05) is 6.08 Å². The van der Waals surface area contributed by atoms with Crippen molar-refractivity contribution in [2.75, 3.05) is 53.6 Å². The van der Waals surface area contributed by atoms with E-state index in [-0.39, 0.29) is 24.0 Å². The molecule has 25 heavy (non-hydrogen) atoms. The van der Waals surface area contributed by atoms with Crippen molar-refractivity contribution in [1.29, 1.82) is 0 Å². The predicted octanol–water partition coefficient (Wildman–Crippen LogP) is 0.407. The number of nitrogens with one attached hydrogen (secondary N) is 1. The van der Waals surface area contributed by atoms with Crippen molar-refractivity contribution in [2.24, 2.45) is 0 Å². The molecule has 0 bridgehead atoms. The topological polar surface area (TPSA) is 71.1 Å². The van der Waals surface area contributed by atoms with Crippen molar-refractivity contribution in [3.63, 3.8) is 0 Å². The Hall–Kier alpha value is -1.44. The Balaban J connectivity index is 1.91. The number of likely N-dealkylation sites (tertiary alicyclic amines) is 1. The average Bonchev–Trinajstić information content (AvgIpc) is 2.66. The van der Waals surface area contributed by atoms with Gasteiger partial charge in [-0.3, -0.25) is 14.5 Å². The Bertz CT molecular complexity index is 463. The van der Waals surface area contributed by atoms with Crippen LogP contribution in [0.5, 0.6) is 0 Å². The first-order chi connectivity index (χ1) is 12.2. The zero-order chi connectivity index (χ0) is 18.1. The van der Waals surface area contributed by atoms with Crippen LogP contribution in [0.25, 0.3) is 0 Å². The summed E-state index contributed by atoms with van der Waals surface area (Å²) in [5.74, 6) is 0.00704. The lowest BCUT2D eigenvalue weighted by Crippen LogP contribution is -2.51. The molecule has 0 unspecified atom stereocenters. The fraction of sp³-hybridized carbons (Fsp3) is 0.778. The Morgan fingerprint density at radius 1 is 1.28 bits per heavy atom. The molecule has 0 aromatic heterocycles. The van der Waals surface area contributed by atoms with E-state index < -0.39 is 0 Å². The van der Waals surface area contributed by atoms with Crippen LogP contribution in [0.4, 0.5) is 0 Å². The normalized spacial score (nSPS) is 25.3. The fourth-order valence-corrected chi connectivity index (χ4v) is 3.50. The first-order valence-corrected chi connectivity index (χ1v) is 9.16. The molecule has 2 heterocycles. The number of methoxy groups -OCH3 is 1. The molecule has 2 atom stereocenters. The lowest BCUT2D eigenvalue weighted by atomic mass is 9.94. The van der Waals surface area contributed by atoms with E-state index in [0.717, 1.165) is 52.2 Å². The van der Waals surface area contributed by atoms with Crippen LogP contribution in [-0.2, 0) is 19.1 Å². The summed E-state index contributed by atoms with van der Waals surface area (Å²) in [6.07, 6.45) is 6.48. The van der Waals surface area contributed by atoms with E-state index in [1.807, 2.05) is 11.0 Å². The van der Waals surface area contributed by atoms with Crippen molar-refractivity contribution in [3.05, 3.63) is 12.2 Å². The minimum absolute atomic E-state index is 0.00400. The summed E-state index contributed by atoms with van der Waals surface area (Å²) in [7, 11) is 3.31. The smallest absolute Gasteiger partial charge is 0.246 e. The van der Waals surface area contributed by atoms with Gasteiger partial charge in [-0.2, -0.15) is 0 Å². The van der Waals surface area contributed by atoms with Crippen molar-refractivity contribution in [2.45, 2.75) is 37.8 Å². The molecule has 2 fully saturated rings. The van der Waals surface area contributed by atoms with Crippen molar-refractivity contribution in [1.82, 2.24) is 15.1 Å². The maximum Gasteiger partial charge on any atom is 0.246 e. The van der Waals surface area contributed by atoms with E-state index in [0.29, 0.717) is 12.8 Å². The summed E-state index contributed by atoms with van der Waals surface area (Å²) in [4.78, 5) is 28.4. The highest BCUT2D eigenvalue weighted by Crippen LogP contribution is 2.24. The number of ether oxygens (including phenoxy) is 2. The lowest BCUT2D eigenvalue weighted by Gasteiger charge is -2.40. The molecular weight excluding hydrogens is 322 g/mol. The van der Waals surface area contributed by atoms with E-state index >= 15 is 0 Å². The fourth-order valence-electron chi connectivity index (χ4n) is 3.50. The molecule has 0 aromatic carbocycles. The third kappa shape index (κ3) is 6.09. The monoisotopic (exact) mass is 353 g/mol. The van der Waals surface area contributed by atoms with Gasteiger partial charge in [-0.05, 0) is 19.3 Å². The highest BCUT2D eigenvalue weighted by molar-refractivity contribution is 5.88. The van der Waals surface area contributed by atoms with Gasteiger partial charge in [0.1, 0.15) is 0 Å². The highest BCUT2D eigenvalue weighted by Gasteiger charge is 2.33. The molecule has 0 spiro atoms. The van der Waals surface area contributed by atoms with Crippen LogP contribution in [0.2, 0.25) is 0 Å². The minimum atomic E-state index is -0.0448. The standard InChI is InChI=1S/C18H31N3O4/c1-19-17(22)8-7-15-16(24-2)5-3-10-21(15)18(23)6-4-9-20-11-13-25-14-12-20/h4,6,15-16H,3,5,7-14H2,1-2H3,(H,19,22)/b6-4+/t15-,16-/m0/s1. The molecule has 0 radical (unpaired) electrons. The van der Waals surface area contributed by atoms with Gasteiger partial charge in [0.15, 0.2) is 0 Å². The first-order valence-electron chi connectivity index (χ1n) is 9.16. The molecule has 2 aliphatic heterocycles. The number of nitrogens with zero attached hydrogens (tertiary/aromatic N) is 2. The van der Waals surface area contributed by atoms with Crippen molar-refractivity contribution >= 4 is 11.8 Å². The molecular formula is C18H31N3O4. The van der Waals surface area contributed by atoms with E-state index in [9.17, 15) is 9.59 Å². The summed E-state index contributed by atoms with van der Waals surface area (Å²) >= 11 is 0. The Labute approximate surface area is 150 Å². The van der Waals surface area contributed by atoms with E-state index in [2.05, 4.69) is 10.2 Å². The molecule has 7 nitrogen and oxygen atoms in total. The van der Waals surface area contributed by atoms with Gasteiger partial charge in [0.25, 0.3) is 0 Å². The quantitative estimate of drug-likeness (QED) is 0.671. The Morgan fingerprint density at radius 3 is 2.72 bits per heavy atom. The molecule has 1 N–H and O–H groups in total. The number of piperidine rings is 1. The molecule has 0 aromatic rings. The summed E-state index contributed by atoms with van der Waals surface area (Å²) < 4.78 is 10.9. The number of rotatable bonds is 7. The number of morpholine rings is 1. The number of hydrogen-bond donors (Lipinski definition) is 1. The van der Waals surface area contributed by atoms with Crippen molar-refractivity contribution in [3.8, 4) is 0 Å². The van der Waals surface area contributed by atoms with Crippen LogP contribution in [0.15, 0.2) is 12.2 Å². The summed E-state index contributed by atoms with van der Waals surface area (Å²) in [5.41, 5.74) is 0. The molecule has 2 saturated heterocycles. The maximum atomic E-state index is 12.7. The zero-order valence-electron chi connectivity index (χ0n) is 15.4. The first kappa shape index (κ1) is 19.9. The average molecular weight is 353 g/mol. The lowest BCUT2D eigenvalue weighted by molar-refractivity contribution is -0.136. The number of carbonyl (C=O) groups is 2. The third-order valence-corrected chi connectivity index (χ3v) is 4.98. The van der Waals surface area contributed by atoms with Gasteiger partial charge in [0.2, 0.25) is 11.8 Å². The molecule has 2 aliphatic rings. The Morgan fingerprint density at radius 2 is 2.04 bits per heavy atom. The second-order valence-electron chi connectivity index (χ2n) is 6.54. The molecule has 142 valence electrons. The summed E-state index contributed by atoms with van der Waals surface area (Å²) in [5, 5.41) is 2.64. The van der Waals surface area contributed by atoms with Crippen LogP contribution in [-0.4, -0.2) is 87.3 Å². The summed E-state index contributed by atoms with van der Waals surface area (Å²) in [6.45, 7) is 4.81. The van der Waals surface area contributed by atoms with E-state index in [1.54, 1.807) is 20.2 Å². The van der Waals surface area contributed by atoms with Gasteiger partial charge < -0.3 is 19.7 Å². The van der Waals surface area contributed by atoms with Gasteiger partial charge in [0, 0.05) is 52.8 Å². The van der Waals surface area contributed by atoms with Crippen LogP contribution in [0.1, 0.15) is 25.7 Å². The van der Waals surface area contributed by atoms with Gasteiger partial charge in [0.05, 0.1) is 25.4 Å². The van der Waals surface area contributed by atoms with Gasteiger partial charge in [-0.15, -0.1) is 0 Å². The highest BCUT2D eigenvalue weighted by atomic mass is 16.5. The van der Waals surface area contributed by atoms with Gasteiger partial charge >= 0.3 is 0 Å². The molecule has 7 heteroatoms. The maximum absolute atomic E-state index is 12.7. The van der Waals surface area contributed by atoms with E-state index in [4.69, 9.17) is 9.47 Å². The van der Waals surface area contributed by atoms with Crippen LogP contribution in [0, 0.1) is 0 Å². The molecule has 0 aliphatic carbocycles. The minimum Gasteiger partial charge on any atom is -0.379 e. The third-order valence-electron chi connectivity index (χ3n) is 4.98. The van der Waals surface area contributed by atoms with E-state index in [1.165, 1.54) is 0 Å². The number of amides is 2. The van der Waals surface area contributed by atoms with Crippen LogP contribution >= 0.6 is 0 Å². The molecule has 2 amide bonds. The van der Waals surface area contributed by atoms with Gasteiger partial charge in [-0.25, -0.2) is 0 Å². The second kappa shape index (κ2) is 10.5. The summed E-state index contributed by atoms with van der Waals surface area (Å²) in [6, 6.07) is -0.0448. The largest absolute Gasteiger partial charge is 0.379 e. The second-order valence-corrected chi connectivity index (χ2v) is 6.54. The van der Waals surface area contributed by atoms with Crippen LogP contribution < -0.4 is 5.32 Å². The molecule has 0 saturated carbocycles. The van der Waals surface area contributed by atoms with Crippen molar-refractivity contribution < 1.29 is 19.1 Å². The number of carbonyl (C=O) groups excluding carboxylic acids is 2. The SMILES string of the molecule is CNC(=O)CC[C@H]1[C@@H](OC)CCCN1C(=O)/C=C/CN1CCOCC1. The number of hydrogen-bond acceptors (Lipinski definition) is 5. The van der Waals surface area contributed by atoms with Crippen LogP contribution in [0.3, 0.4) is 0 Å². The predicted molar refractivity (Wildman–Crippen MR) is 95.2 cm³/mol.